The normalized spacial score (nSPS) is 63.4. The molecule has 0 aromatic heterocycles. The Morgan fingerprint density at radius 1 is 1.12 bits per heavy atom. The van der Waals surface area contributed by atoms with E-state index >= 15 is 0 Å². The van der Waals surface area contributed by atoms with Crippen LogP contribution >= 0.6 is 0 Å². The molecule has 3 heteroatoms. The van der Waals surface area contributed by atoms with E-state index < -0.39 is 0 Å². The molecule has 1 saturated heterocycles. The van der Waals surface area contributed by atoms with E-state index in [2.05, 4.69) is 0 Å². The van der Waals surface area contributed by atoms with Gasteiger partial charge in [0.05, 0.1) is 12.2 Å². The highest BCUT2D eigenvalue weighted by Crippen LogP contribution is 2.63. The summed E-state index contributed by atoms with van der Waals surface area (Å²) >= 11 is 0. The zero-order chi connectivity index (χ0) is 10.9. The van der Waals surface area contributed by atoms with Gasteiger partial charge in [-0.3, -0.25) is 0 Å². The molecule has 90 valence electrons. The lowest BCUT2D eigenvalue weighted by Crippen LogP contribution is -2.45. The fraction of sp³-hybridized carbons (Fsp3) is 1.00. The standard InChI is InChI=1S/C13H21NO2/c1-7-15-10-5-13(6-11(10)16-7)9-3-2-8(4-9)12(13)14/h7-12H,2-6,14H2,1H3/t7?,8-,9+,10-,11?,12-,13?/m1/s1. The lowest BCUT2D eigenvalue weighted by atomic mass is 9.68. The average molecular weight is 223 g/mol. The molecule has 0 radical (unpaired) electrons. The molecule has 0 amide bonds. The maximum absolute atomic E-state index is 6.49. The second-order valence-corrected chi connectivity index (χ2v) is 6.35. The number of ether oxygens (including phenoxy) is 2. The summed E-state index contributed by atoms with van der Waals surface area (Å²) in [6.45, 7) is 2.01. The molecule has 2 bridgehead atoms. The number of hydrogen-bond acceptors (Lipinski definition) is 3. The Labute approximate surface area is 96.7 Å². The Kier molecular flexibility index (Phi) is 1.85. The highest BCUT2D eigenvalue weighted by molar-refractivity contribution is 5.14. The first kappa shape index (κ1) is 9.86. The van der Waals surface area contributed by atoms with E-state index in [1.165, 1.54) is 19.3 Å². The summed E-state index contributed by atoms with van der Waals surface area (Å²) in [6, 6.07) is 0.416. The highest BCUT2D eigenvalue weighted by Gasteiger charge is 2.63. The smallest absolute Gasteiger partial charge is 0.155 e. The maximum Gasteiger partial charge on any atom is 0.155 e. The number of nitrogens with two attached hydrogens (primary N) is 1. The maximum atomic E-state index is 6.49. The van der Waals surface area contributed by atoms with E-state index in [1.807, 2.05) is 6.92 Å². The van der Waals surface area contributed by atoms with E-state index in [0.717, 1.165) is 24.7 Å². The zero-order valence-corrected chi connectivity index (χ0v) is 9.89. The minimum absolute atomic E-state index is 0.00200. The molecule has 4 rings (SSSR count). The molecule has 2 N–H and O–H groups in total. The Morgan fingerprint density at radius 3 is 2.38 bits per heavy atom. The lowest BCUT2D eigenvalue weighted by Gasteiger charge is -2.39. The van der Waals surface area contributed by atoms with Crippen molar-refractivity contribution in [1.82, 2.24) is 0 Å². The third kappa shape index (κ3) is 1.05. The quantitative estimate of drug-likeness (QED) is 0.679. The summed E-state index contributed by atoms with van der Waals surface area (Å²) in [5.41, 5.74) is 6.86. The zero-order valence-electron chi connectivity index (χ0n) is 9.89. The van der Waals surface area contributed by atoms with Crippen LogP contribution in [-0.2, 0) is 9.47 Å². The fourth-order valence-corrected chi connectivity index (χ4v) is 5.10. The van der Waals surface area contributed by atoms with Crippen LogP contribution in [0.1, 0.15) is 39.0 Å². The predicted molar refractivity (Wildman–Crippen MR) is 59.7 cm³/mol. The Hall–Kier alpha value is -0.120. The van der Waals surface area contributed by atoms with Crippen molar-refractivity contribution < 1.29 is 9.47 Å². The molecule has 3 nitrogen and oxygen atoms in total. The van der Waals surface area contributed by atoms with E-state index in [-0.39, 0.29) is 6.29 Å². The van der Waals surface area contributed by atoms with Crippen LogP contribution in [0.2, 0.25) is 0 Å². The van der Waals surface area contributed by atoms with Gasteiger partial charge >= 0.3 is 0 Å². The summed E-state index contributed by atoms with van der Waals surface area (Å²) in [6.07, 6.45) is 7.11. The number of rotatable bonds is 0. The van der Waals surface area contributed by atoms with Crippen LogP contribution in [0.3, 0.4) is 0 Å². The second-order valence-electron chi connectivity index (χ2n) is 6.35. The molecular formula is C13H21NO2. The molecule has 1 aliphatic heterocycles. The third-order valence-corrected chi connectivity index (χ3v) is 5.77. The first-order valence-corrected chi connectivity index (χ1v) is 6.75. The van der Waals surface area contributed by atoms with Crippen LogP contribution in [0, 0.1) is 17.3 Å². The van der Waals surface area contributed by atoms with Crippen molar-refractivity contribution in [2.45, 2.75) is 63.6 Å². The van der Waals surface area contributed by atoms with Gasteiger partial charge in [0.25, 0.3) is 0 Å². The van der Waals surface area contributed by atoms with Gasteiger partial charge in [-0.15, -0.1) is 0 Å². The summed E-state index contributed by atoms with van der Waals surface area (Å²) < 4.78 is 11.7. The van der Waals surface area contributed by atoms with Gasteiger partial charge in [-0.05, 0) is 56.3 Å². The molecule has 4 aliphatic rings. The van der Waals surface area contributed by atoms with E-state index in [1.54, 1.807) is 0 Å². The van der Waals surface area contributed by atoms with Crippen molar-refractivity contribution in [3.05, 3.63) is 0 Å². The first-order valence-electron chi connectivity index (χ1n) is 6.75. The van der Waals surface area contributed by atoms with Gasteiger partial charge in [0.15, 0.2) is 6.29 Å². The molecule has 0 aromatic carbocycles. The van der Waals surface area contributed by atoms with Crippen LogP contribution in [0.25, 0.3) is 0 Å². The van der Waals surface area contributed by atoms with Crippen molar-refractivity contribution in [2.24, 2.45) is 23.0 Å². The summed E-state index contributed by atoms with van der Waals surface area (Å²) in [5.74, 6) is 1.65. The van der Waals surface area contributed by atoms with Crippen molar-refractivity contribution in [3.63, 3.8) is 0 Å². The first-order chi connectivity index (χ1) is 7.69. The van der Waals surface area contributed by atoms with Gasteiger partial charge in [0, 0.05) is 6.04 Å². The minimum atomic E-state index is 0.00200. The largest absolute Gasteiger partial charge is 0.347 e. The predicted octanol–water partition coefficient (Wildman–Crippen LogP) is 1.65. The number of hydrogen-bond donors (Lipinski definition) is 1. The molecular weight excluding hydrogens is 202 g/mol. The van der Waals surface area contributed by atoms with Crippen LogP contribution in [0.4, 0.5) is 0 Å². The van der Waals surface area contributed by atoms with Crippen molar-refractivity contribution in [1.29, 1.82) is 0 Å². The van der Waals surface area contributed by atoms with Gasteiger partial charge < -0.3 is 15.2 Å². The van der Waals surface area contributed by atoms with Crippen LogP contribution < -0.4 is 5.73 Å². The van der Waals surface area contributed by atoms with Gasteiger partial charge in [-0.2, -0.15) is 0 Å². The molecule has 3 aliphatic carbocycles. The molecule has 4 fully saturated rings. The minimum Gasteiger partial charge on any atom is -0.347 e. The molecule has 7 atom stereocenters. The Bertz CT molecular complexity index is 301. The SMILES string of the molecule is CC1OC2CC3(C[C@H]2O1)[C@H]1CC[C@H](C1)[C@H]3N. The van der Waals surface area contributed by atoms with Gasteiger partial charge in [0.2, 0.25) is 0 Å². The monoisotopic (exact) mass is 223 g/mol. The Morgan fingerprint density at radius 2 is 1.81 bits per heavy atom. The van der Waals surface area contributed by atoms with Crippen LogP contribution in [-0.4, -0.2) is 24.5 Å². The summed E-state index contributed by atoms with van der Waals surface area (Å²) in [7, 11) is 0. The number of fused-ring (bicyclic) bond motifs is 4. The Balaban J connectivity index is 1.62. The molecule has 0 aromatic rings. The van der Waals surface area contributed by atoms with Crippen molar-refractivity contribution >= 4 is 0 Å². The van der Waals surface area contributed by atoms with E-state index in [0.29, 0.717) is 23.7 Å². The third-order valence-electron chi connectivity index (χ3n) is 5.77. The van der Waals surface area contributed by atoms with Crippen LogP contribution in [0.5, 0.6) is 0 Å². The molecule has 1 spiro atoms. The molecule has 16 heavy (non-hydrogen) atoms. The second kappa shape index (κ2) is 3.01. The van der Waals surface area contributed by atoms with E-state index in [4.69, 9.17) is 15.2 Å². The van der Waals surface area contributed by atoms with Crippen molar-refractivity contribution in [2.75, 3.05) is 0 Å². The van der Waals surface area contributed by atoms with E-state index in [9.17, 15) is 0 Å². The van der Waals surface area contributed by atoms with Gasteiger partial charge in [-0.25, -0.2) is 0 Å². The van der Waals surface area contributed by atoms with Gasteiger partial charge in [0.1, 0.15) is 0 Å². The summed E-state index contributed by atoms with van der Waals surface area (Å²) in [5, 5.41) is 0. The van der Waals surface area contributed by atoms with Gasteiger partial charge in [-0.1, -0.05) is 0 Å². The molecule has 3 unspecified atom stereocenters. The molecule has 3 saturated carbocycles. The fourth-order valence-electron chi connectivity index (χ4n) is 5.10. The summed E-state index contributed by atoms with van der Waals surface area (Å²) in [4.78, 5) is 0. The topological polar surface area (TPSA) is 44.5 Å². The average Bonchev–Trinajstić information content (AvgIpc) is 2.89. The van der Waals surface area contributed by atoms with Crippen LogP contribution in [0.15, 0.2) is 0 Å². The lowest BCUT2D eigenvalue weighted by molar-refractivity contribution is -0.0774. The van der Waals surface area contributed by atoms with Crippen molar-refractivity contribution in [3.8, 4) is 0 Å². The molecule has 1 heterocycles. The highest BCUT2D eigenvalue weighted by atomic mass is 16.7.